The summed E-state index contributed by atoms with van der Waals surface area (Å²) in [5, 5.41) is 3.42. The van der Waals surface area contributed by atoms with Gasteiger partial charge in [0.2, 0.25) is 0 Å². The molecule has 4 heterocycles. The molecule has 53 heavy (non-hydrogen) atoms. The standard InChI is InChI=1S/C47H35N5O/c1-47(2)38-19-8-6-14-31(38)35-16-10-17-37(42(35)47)45-50-43(28-12-4-3-5-13-28)49-44(51-45)29-21-23-33-34-24-22-30(27-41(34)53-40(33)26-29)52-39-20-9-7-15-32(39)36-18-11-25-48-46(36)52/h3-4,6-12,14-25,27,29H,5,13,26H2,1-2H3. The van der Waals surface area contributed by atoms with Crippen LogP contribution < -0.4 is 0 Å². The quantitative estimate of drug-likeness (QED) is 0.184. The maximum absolute atomic E-state index is 6.71. The highest BCUT2D eigenvalue weighted by molar-refractivity contribution is 6.08. The summed E-state index contributed by atoms with van der Waals surface area (Å²) >= 11 is 0. The molecule has 0 fully saturated rings. The lowest BCUT2D eigenvalue weighted by molar-refractivity contribution is 0.526. The largest absolute Gasteiger partial charge is 0.460 e. The second-order valence-electron chi connectivity index (χ2n) is 14.9. The molecule has 0 radical (unpaired) electrons. The van der Waals surface area contributed by atoms with Gasteiger partial charge in [-0.3, -0.25) is 4.57 Å². The first-order valence-electron chi connectivity index (χ1n) is 18.5. The molecule has 0 saturated carbocycles. The number of aromatic nitrogens is 5. The molecule has 11 rings (SSSR count). The van der Waals surface area contributed by atoms with Crippen molar-refractivity contribution in [2.75, 3.05) is 0 Å². The average molecular weight is 686 g/mol. The molecule has 3 aliphatic carbocycles. The van der Waals surface area contributed by atoms with Crippen molar-refractivity contribution >= 4 is 44.6 Å². The van der Waals surface area contributed by atoms with E-state index >= 15 is 0 Å². The molecule has 6 nitrogen and oxygen atoms in total. The van der Waals surface area contributed by atoms with Crippen molar-refractivity contribution in [2.24, 2.45) is 0 Å². The minimum Gasteiger partial charge on any atom is -0.460 e. The van der Waals surface area contributed by atoms with Crippen molar-refractivity contribution in [1.29, 1.82) is 0 Å². The molecule has 4 aromatic heterocycles. The molecular formula is C47H35N5O. The fourth-order valence-electron chi connectivity index (χ4n) is 8.99. The van der Waals surface area contributed by atoms with Gasteiger partial charge in [0.05, 0.1) is 11.2 Å². The minimum absolute atomic E-state index is 0.0636. The Morgan fingerprint density at radius 3 is 2.53 bits per heavy atom. The van der Waals surface area contributed by atoms with Gasteiger partial charge < -0.3 is 4.42 Å². The van der Waals surface area contributed by atoms with E-state index < -0.39 is 0 Å². The number of hydrogen-bond acceptors (Lipinski definition) is 5. The molecule has 8 aromatic rings. The van der Waals surface area contributed by atoms with Gasteiger partial charge >= 0.3 is 0 Å². The topological polar surface area (TPSA) is 69.6 Å². The number of para-hydroxylation sites is 1. The molecule has 1 atom stereocenters. The van der Waals surface area contributed by atoms with Crippen molar-refractivity contribution in [3.8, 4) is 28.2 Å². The highest BCUT2D eigenvalue weighted by atomic mass is 16.3. The van der Waals surface area contributed by atoms with E-state index in [1.54, 1.807) is 0 Å². The van der Waals surface area contributed by atoms with Crippen LogP contribution in [-0.2, 0) is 11.8 Å². The average Bonchev–Trinajstić information content (AvgIpc) is 3.83. The van der Waals surface area contributed by atoms with Gasteiger partial charge in [-0.15, -0.1) is 0 Å². The summed E-state index contributed by atoms with van der Waals surface area (Å²) in [7, 11) is 0. The molecule has 0 amide bonds. The molecule has 0 bridgehead atoms. The number of rotatable bonds is 4. The summed E-state index contributed by atoms with van der Waals surface area (Å²) in [5.41, 5.74) is 12.2. The highest BCUT2D eigenvalue weighted by Crippen LogP contribution is 2.52. The summed E-state index contributed by atoms with van der Waals surface area (Å²) in [5.74, 6) is 3.14. The second kappa shape index (κ2) is 11.3. The maximum atomic E-state index is 6.71. The Kier molecular flexibility index (Phi) is 6.45. The predicted octanol–water partition coefficient (Wildman–Crippen LogP) is 11.2. The maximum Gasteiger partial charge on any atom is 0.164 e. The molecule has 1 unspecified atom stereocenters. The van der Waals surface area contributed by atoms with Crippen LogP contribution in [-0.4, -0.2) is 24.5 Å². The molecule has 6 heteroatoms. The number of furan rings is 1. The highest BCUT2D eigenvalue weighted by Gasteiger charge is 2.38. The fraction of sp³-hybridized carbons (Fsp3) is 0.149. The third-order valence-corrected chi connectivity index (χ3v) is 11.5. The Morgan fingerprint density at radius 1 is 0.774 bits per heavy atom. The Hall–Kier alpha value is -6.40. The molecule has 0 N–H and O–H groups in total. The Labute approximate surface area is 306 Å². The van der Waals surface area contributed by atoms with E-state index in [-0.39, 0.29) is 11.3 Å². The molecule has 0 aliphatic heterocycles. The molecule has 0 spiro atoms. The van der Waals surface area contributed by atoms with E-state index in [0.29, 0.717) is 6.42 Å². The zero-order valence-corrected chi connectivity index (χ0v) is 29.5. The van der Waals surface area contributed by atoms with Crippen LogP contribution in [0.15, 0.2) is 132 Å². The van der Waals surface area contributed by atoms with Crippen LogP contribution in [0.25, 0.3) is 72.8 Å². The number of hydrogen-bond donors (Lipinski definition) is 0. The molecule has 3 aliphatic rings. The number of pyridine rings is 1. The third kappa shape index (κ3) is 4.51. The van der Waals surface area contributed by atoms with Gasteiger partial charge in [0.15, 0.2) is 11.6 Å². The first-order valence-corrected chi connectivity index (χ1v) is 18.5. The minimum atomic E-state index is -0.190. The lowest BCUT2D eigenvalue weighted by atomic mass is 9.80. The summed E-state index contributed by atoms with van der Waals surface area (Å²) in [6.45, 7) is 4.63. The van der Waals surface area contributed by atoms with Crippen LogP contribution in [0.1, 0.15) is 66.7 Å². The number of benzene rings is 4. The van der Waals surface area contributed by atoms with Gasteiger partial charge in [0.1, 0.15) is 22.8 Å². The first kappa shape index (κ1) is 30.2. The van der Waals surface area contributed by atoms with Crippen molar-refractivity contribution in [3.63, 3.8) is 0 Å². The first-order chi connectivity index (χ1) is 26.0. The Morgan fingerprint density at radius 2 is 1.60 bits per heavy atom. The van der Waals surface area contributed by atoms with E-state index in [0.717, 1.165) is 86.0 Å². The summed E-state index contributed by atoms with van der Waals surface area (Å²) in [6, 6.07) is 34.4. The van der Waals surface area contributed by atoms with E-state index in [1.165, 1.54) is 27.6 Å². The van der Waals surface area contributed by atoms with Gasteiger partial charge in [-0.1, -0.05) is 105 Å². The normalized spacial score (nSPS) is 16.9. The van der Waals surface area contributed by atoms with Crippen molar-refractivity contribution in [2.45, 2.75) is 44.4 Å². The van der Waals surface area contributed by atoms with Gasteiger partial charge in [-0.05, 0) is 71.0 Å². The van der Waals surface area contributed by atoms with E-state index in [2.05, 4.69) is 140 Å². The van der Waals surface area contributed by atoms with Gasteiger partial charge in [0, 0.05) is 57.3 Å². The van der Waals surface area contributed by atoms with Crippen LogP contribution >= 0.6 is 0 Å². The summed E-state index contributed by atoms with van der Waals surface area (Å²) in [6.07, 6.45) is 15.3. The van der Waals surface area contributed by atoms with E-state index in [4.69, 9.17) is 24.4 Å². The smallest absolute Gasteiger partial charge is 0.164 e. The summed E-state index contributed by atoms with van der Waals surface area (Å²) in [4.78, 5) is 20.5. The van der Waals surface area contributed by atoms with Crippen LogP contribution in [0, 0.1) is 0 Å². The lowest BCUT2D eigenvalue weighted by Crippen LogP contribution is -2.18. The van der Waals surface area contributed by atoms with E-state index in [1.807, 2.05) is 12.3 Å². The van der Waals surface area contributed by atoms with Crippen LogP contribution in [0.5, 0.6) is 0 Å². The van der Waals surface area contributed by atoms with Gasteiger partial charge in [0.25, 0.3) is 0 Å². The zero-order chi connectivity index (χ0) is 35.3. The van der Waals surface area contributed by atoms with Crippen molar-refractivity contribution in [1.82, 2.24) is 24.5 Å². The zero-order valence-electron chi connectivity index (χ0n) is 29.5. The van der Waals surface area contributed by atoms with Crippen molar-refractivity contribution in [3.05, 3.63) is 162 Å². The number of allylic oxidation sites excluding steroid dienone is 5. The van der Waals surface area contributed by atoms with Gasteiger partial charge in [-0.2, -0.15) is 0 Å². The van der Waals surface area contributed by atoms with Crippen LogP contribution in [0.3, 0.4) is 0 Å². The second-order valence-corrected chi connectivity index (χ2v) is 14.9. The molecule has 254 valence electrons. The fourth-order valence-corrected chi connectivity index (χ4v) is 8.99. The Balaban J connectivity index is 1.01. The van der Waals surface area contributed by atoms with E-state index in [9.17, 15) is 0 Å². The monoisotopic (exact) mass is 685 g/mol. The van der Waals surface area contributed by atoms with Crippen LogP contribution in [0.4, 0.5) is 0 Å². The SMILES string of the molecule is CC1(C)c2ccccc2-c2cccc(-c3nc(C4=CC=CCC4)nc(C4C=Cc5c(oc6cc(-n7c8ccccc8c8cccnc87)ccc56)C4)n3)c21. The molecular weight excluding hydrogens is 651 g/mol. The van der Waals surface area contributed by atoms with Crippen LogP contribution in [0.2, 0.25) is 0 Å². The van der Waals surface area contributed by atoms with Gasteiger partial charge in [-0.25, -0.2) is 19.9 Å². The summed E-state index contributed by atoms with van der Waals surface area (Å²) < 4.78 is 8.94. The van der Waals surface area contributed by atoms with Crippen molar-refractivity contribution < 1.29 is 4.42 Å². The molecule has 4 aromatic carbocycles. The Bertz CT molecular complexity index is 2870. The number of nitrogens with zero attached hydrogens (tertiary/aromatic N) is 5. The molecule has 0 saturated heterocycles. The third-order valence-electron chi connectivity index (χ3n) is 11.5. The predicted molar refractivity (Wildman–Crippen MR) is 213 cm³/mol. The number of fused-ring (bicyclic) bond motifs is 9. The lowest BCUT2D eigenvalue weighted by Gasteiger charge is -2.24.